The number of anilines is 1. The Morgan fingerprint density at radius 1 is 1.05 bits per heavy atom. The van der Waals surface area contributed by atoms with Crippen molar-refractivity contribution in [3.63, 3.8) is 0 Å². The van der Waals surface area contributed by atoms with Crippen LogP contribution in [0, 0.1) is 0 Å². The molecule has 1 saturated heterocycles. The molecular formula is C15H11Cl2NOS. The van der Waals surface area contributed by atoms with Crippen molar-refractivity contribution in [2.24, 2.45) is 0 Å². The number of thioether (sulfide) groups is 1. The van der Waals surface area contributed by atoms with Gasteiger partial charge in [-0.25, -0.2) is 0 Å². The van der Waals surface area contributed by atoms with Crippen molar-refractivity contribution in [2.45, 2.75) is 5.37 Å². The molecule has 5 heteroatoms. The van der Waals surface area contributed by atoms with Gasteiger partial charge in [0.15, 0.2) is 0 Å². The first-order valence-electron chi connectivity index (χ1n) is 6.10. The van der Waals surface area contributed by atoms with E-state index in [1.807, 2.05) is 30.3 Å². The van der Waals surface area contributed by atoms with E-state index in [1.54, 1.807) is 34.9 Å². The summed E-state index contributed by atoms with van der Waals surface area (Å²) in [4.78, 5) is 14.0. The maximum absolute atomic E-state index is 12.2. The number of rotatable bonds is 2. The zero-order chi connectivity index (χ0) is 14.1. The van der Waals surface area contributed by atoms with Crippen molar-refractivity contribution in [3.8, 4) is 0 Å². The first kappa shape index (κ1) is 13.8. The summed E-state index contributed by atoms with van der Waals surface area (Å²) < 4.78 is 0. The molecular weight excluding hydrogens is 313 g/mol. The van der Waals surface area contributed by atoms with E-state index in [-0.39, 0.29) is 11.3 Å². The van der Waals surface area contributed by atoms with Gasteiger partial charge in [0.1, 0.15) is 5.37 Å². The van der Waals surface area contributed by atoms with E-state index < -0.39 is 0 Å². The Balaban J connectivity index is 2.02. The molecule has 1 unspecified atom stereocenters. The average molecular weight is 324 g/mol. The minimum Gasteiger partial charge on any atom is -0.295 e. The SMILES string of the molecule is O=C1CSC(c2ccccc2)N1c1cc(Cl)cc(Cl)c1. The molecule has 1 amide bonds. The summed E-state index contributed by atoms with van der Waals surface area (Å²) in [7, 11) is 0. The molecule has 0 saturated carbocycles. The zero-order valence-corrected chi connectivity index (χ0v) is 12.8. The largest absolute Gasteiger partial charge is 0.295 e. The Morgan fingerprint density at radius 3 is 2.35 bits per heavy atom. The van der Waals surface area contributed by atoms with Gasteiger partial charge in [0, 0.05) is 15.7 Å². The van der Waals surface area contributed by atoms with E-state index in [1.165, 1.54) is 0 Å². The van der Waals surface area contributed by atoms with Crippen molar-refractivity contribution in [1.82, 2.24) is 0 Å². The molecule has 3 rings (SSSR count). The number of amides is 1. The molecule has 0 aromatic heterocycles. The average Bonchev–Trinajstić information content (AvgIpc) is 2.80. The quantitative estimate of drug-likeness (QED) is 0.793. The van der Waals surface area contributed by atoms with Gasteiger partial charge < -0.3 is 0 Å². The molecule has 1 fully saturated rings. The fourth-order valence-electron chi connectivity index (χ4n) is 2.25. The van der Waals surface area contributed by atoms with Gasteiger partial charge in [-0.3, -0.25) is 9.69 Å². The van der Waals surface area contributed by atoms with Crippen LogP contribution in [-0.2, 0) is 4.79 Å². The Bertz CT molecular complexity index is 627. The van der Waals surface area contributed by atoms with Gasteiger partial charge in [0.2, 0.25) is 5.91 Å². The van der Waals surface area contributed by atoms with Crippen molar-refractivity contribution in [3.05, 3.63) is 64.1 Å². The molecule has 2 aromatic carbocycles. The number of hydrogen-bond donors (Lipinski definition) is 0. The molecule has 1 atom stereocenters. The molecule has 2 aromatic rings. The lowest BCUT2D eigenvalue weighted by Gasteiger charge is -2.24. The normalized spacial score (nSPS) is 18.6. The summed E-state index contributed by atoms with van der Waals surface area (Å²) in [6.07, 6.45) is 0. The lowest BCUT2D eigenvalue weighted by molar-refractivity contribution is -0.115. The topological polar surface area (TPSA) is 20.3 Å². The van der Waals surface area contributed by atoms with Crippen LogP contribution in [0.4, 0.5) is 5.69 Å². The molecule has 2 nitrogen and oxygen atoms in total. The van der Waals surface area contributed by atoms with Gasteiger partial charge >= 0.3 is 0 Å². The van der Waals surface area contributed by atoms with E-state index in [0.29, 0.717) is 15.8 Å². The van der Waals surface area contributed by atoms with Crippen LogP contribution in [0.3, 0.4) is 0 Å². The highest BCUT2D eigenvalue weighted by atomic mass is 35.5. The predicted molar refractivity (Wildman–Crippen MR) is 85.6 cm³/mol. The van der Waals surface area contributed by atoms with Crippen molar-refractivity contribution >= 4 is 46.6 Å². The van der Waals surface area contributed by atoms with Crippen LogP contribution in [0.25, 0.3) is 0 Å². The lowest BCUT2D eigenvalue weighted by atomic mass is 10.2. The predicted octanol–water partition coefficient (Wildman–Crippen LogP) is 4.77. The molecule has 0 bridgehead atoms. The van der Waals surface area contributed by atoms with E-state index in [4.69, 9.17) is 23.2 Å². The molecule has 0 N–H and O–H groups in total. The molecule has 1 aliphatic rings. The second kappa shape index (κ2) is 5.68. The van der Waals surface area contributed by atoms with Gasteiger partial charge in [-0.2, -0.15) is 0 Å². The number of hydrogen-bond acceptors (Lipinski definition) is 2. The Morgan fingerprint density at radius 2 is 1.70 bits per heavy atom. The van der Waals surface area contributed by atoms with E-state index >= 15 is 0 Å². The first-order valence-corrected chi connectivity index (χ1v) is 7.90. The summed E-state index contributed by atoms with van der Waals surface area (Å²) >= 11 is 13.7. The highest BCUT2D eigenvalue weighted by Crippen LogP contribution is 2.42. The molecule has 0 radical (unpaired) electrons. The van der Waals surface area contributed by atoms with Crippen LogP contribution in [-0.4, -0.2) is 11.7 Å². The molecule has 0 aliphatic carbocycles. The second-order valence-electron chi connectivity index (χ2n) is 4.47. The molecule has 0 spiro atoms. The van der Waals surface area contributed by atoms with Gasteiger partial charge in [-0.15, -0.1) is 11.8 Å². The minimum atomic E-state index is -0.0294. The lowest BCUT2D eigenvalue weighted by Crippen LogP contribution is -2.27. The number of benzene rings is 2. The van der Waals surface area contributed by atoms with E-state index in [2.05, 4.69) is 0 Å². The Hall–Kier alpha value is -1.16. The fourth-order valence-corrected chi connectivity index (χ4v) is 3.94. The molecule has 102 valence electrons. The van der Waals surface area contributed by atoms with Gasteiger partial charge in [-0.1, -0.05) is 53.5 Å². The van der Waals surface area contributed by atoms with Crippen LogP contribution >= 0.6 is 35.0 Å². The standard InChI is InChI=1S/C15H11Cl2NOS/c16-11-6-12(17)8-13(7-11)18-14(19)9-20-15(18)10-4-2-1-3-5-10/h1-8,15H,9H2. The number of carbonyl (C=O) groups is 1. The van der Waals surface area contributed by atoms with Crippen molar-refractivity contribution in [1.29, 1.82) is 0 Å². The third-order valence-corrected chi connectivity index (χ3v) is 4.73. The molecule has 1 aliphatic heterocycles. The summed E-state index contributed by atoms with van der Waals surface area (Å²) in [6.45, 7) is 0. The number of carbonyl (C=O) groups excluding carboxylic acids is 1. The van der Waals surface area contributed by atoms with Crippen molar-refractivity contribution < 1.29 is 4.79 Å². The Kier molecular flexibility index (Phi) is 3.92. The van der Waals surface area contributed by atoms with E-state index in [0.717, 1.165) is 11.3 Å². The van der Waals surface area contributed by atoms with Gasteiger partial charge in [0.05, 0.1) is 5.75 Å². The fraction of sp³-hybridized carbons (Fsp3) is 0.133. The van der Waals surface area contributed by atoms with Gasteiger partial charge in [0.25, 0.3) is 0 Å². The summed E-state index contributed by atoms with van der Waals surface area (Å²) in [5.74, 6) is 0.533. The van der Waals surface area contributed by atoms with Crippen LogP contribution < -0.4 is 4.90 Å². The monoisotopic (exact) mass is 323 g/mol. The molecule has 20 heavy (non-hydrogen) atoms. The molecule has 1 heterocycles. The summed E-state index contributed by atoms with van der Waals surface area (Å²) in [5.41, 5.74) is 1.84. The zero-order valence-electron chi connectivity index (χ0n) is 10.4. The summed E-state index contributed by atoms with van der Waals surface area (Å²) in [5, 5.41) is 1.03. The van der Waals surface area contributed by atoms with Gasteiger partial charge in [-0.05, 0) is 23.8 Å². The van der Waals surface area contributed by atoms with Crippen LogP contribution in [0.2, 0.25) is 10.0 Å². The highest BCUT2D eigenvalue weighted by Gasteiger charge is 2.34. The van der Waals surface area contributed by atoms with Crippen LogP contribution in [0.15, 0.2) is 48.5 Å². The highest BCUT2D eigenvalue weighted by molar-refractivity contribution is 8.00. The van der Waals surface area contributed by atoms with Crippen LogP contribution in [0.5, 0.6) is 0 Å². The van der Waals surface area contributed by atoms with Crippen molar-refractivity contribution in [2.75, 3.05) is 10.7 Å². The smallest absolute Gasteiger partial charge is 0.238 e. The number of nitrogens with zero attached hydrogens (tertiary/aromatic N) is 1. The first-order chi connectivity index (χ1) is 9.65. The van der Waals surface area contributed by atoms with Crippen LogP contribution in [0.1, 0.15) is 10.9 Å². The third-order valence-electron chi connectivity index (χ3n) is 3.08. The maximum atomic E-state index is 12.2. The summed E-state index contributed by atoms with van der Waals surface area (Å²) in [6, 6.07) is 15.2. The minimum absolute atomic E-state index is 0.0294. The number of halogens is 2. The van der Waals surface area contributed by atoms with E-state index in [9.17, 15) is 4.79 Å². The Labute approximate surface area is 131 Å². The third kappa shape index (κ3) is 2.66. The maximum Gasteiger partial charge on any atom is 0.238 e. The second-order valence-corrected chi connectivity index (χ2v) is 6.41.